The average molecular weight is 391 g/mol. The SMILES string of the molecule is O=c1c(Oc2cc(Cl)ccc2Cl)c(C(F)(F)F)oc2cc(O)ccc12. The Morgan fingerprint density at radius 2 is 1.80 bits per heavy atom. The molecule has 0 amide bonds. The van der Waals surface area contributed by atoms with E-state index in [1.54, 1.807) is 0 Å². The van der Waals surface area contributed by atoms with E-state index in [-0.39, 0.29) is 26.9 Å². The maximum Gasteiger partial charge on any atom is 0.453 e. The van der Waals surface area contributed by atoms with E-state index in [1.165, 1.54) is 18.2 Å². The third-order valence-electron chi connectivity index (χ3n) is 3.20. The van der Waals surface area contributed by atoms with Crippen molar-refractivity contribution in [1.29, 1.82) is 0 Å². The van der Waals surface area contributed by atoms with Crippen LogP contribution in [0.3, 0.4) is 0 Å². The third kappa shape index (κ3) is 3.38. The largest absolute Gasteiger partial charge is 0.508 e. The first-order valence-corrected chi connectivity index (χ1v) is 7.42. The Bertz CT molecular complexity index is 1030. The zero-order valence-electron chi connectivity index (χ0n) is 12.0. The lowest BCUT2D eigenvalue weighted by Gasteiger charge is -2.14. The number of aromatic hydroxyl groups is 1. The molecule has 0 fully saturated rings. The lowest BCUT2D eigenvalue weighted by molar-refractivity contribution is -0.154. The molecule has 0 bridgehead atoms. The summed E-state index contributed by atoms with van der Waals surface area (Å²) in [7, 11) is 0. The number of phenolic OH excluding ortho intramolecular Hbond substituents is 1. The molecule has 130 valence electrons. The van der Waals surface area contributed by atoms with E-state index in [9.17, 15) is 23.1 Å². The zero-order chi connectivity index (χ0) is 18.4. The van der Waals surface area contributed by atoms with Crippen LogP contribution in [0.4, 0.5) is 13.2 Å². The summed E-state index contributed by atoms with van der Waals surface area (Å²) in [5.74, 6) is -3.30. The van der Waals surface area contributed by atoms with Crippen molar-refractivity contribution in [3.05, 3.63) is 62.4 Å². The first-order valence-electron chi connectivity index (χ1n) is 6.67. The lowest BCUT2D eigenvalue weighted by Crippen LogP contribution is -2.15. The smallest absolute Gasteiger partial charge is 0.453 e. The third-order valence-corrected chi connectivity index (χ3v) is 3.74. The number of rotatable bonds is 2. The molecule has 0 spiro atoms. The fourth-order valence-corrected chi connectivity index (χ4v) is 2.43. The quantitative estimate of drug-likeness (QED) is 0.617. The van der Waals surface area contributed by atoms with Crippen LogP contribution >= 0.6 is 23.2 Å². The van der Waals surface area contributed by atoms with Gasteiger partial charge in [-0.15, -0.1) is 0 Å². The highest BCUT2D eigenvalue weighted by molar-refractivity contribution is 6.34. The number of fused-ring (bicyclic) bond motifs is 1. The number of benzene rings is 2. The molecule has 1 heterocycles. The van der Waals surface area contributed by atoms with Crippen LogP contribution in [0.5, 0.6) is 17.2 Å². The van der Waals surface area contributed by atoms with Gasteiger partial charge in [0, 0.05) is 17.2 Å². The van der Waals surface area contributed by atoms with E-state index < -0.39 is 28.7 Å². The summed E-state index contributed by atoms with van der Waals surface area (Å²) >= 11 is 11.6. The standard InChI is InChI=1S/C16H7Cl2F3O4/c17-7-1-4-10(18)12(5-7)24-14-13(23)9-3-2-8(22)6-11(9)25-15(14)16(19,20)21/h1-6,22H. The van der Waals surface area contributed by atoms with Crippen molar-refractivity contribution >= 4 is 34.2 Å². The molecular weight excluding hydrogens is 384 g/mol. The fourth-order valence-electron chi connectivity index (χ4n) is 2.11. The molecular formula is C16H7Cl2F3O4. The minimum atomic E-state index is -5.01. The van der Waals surface area contributed by atoms with Crippen LogP contribution in [0, 0.1) is 0 Å². The van der Waals surface area contributed by atoms with Crippen molar-refractivity contribution in [3.63, 3.8) is 0 Å². The molecule has 25 heavy (non-hydrogen) atoms. The molecule has 4 nitrogen and oxygen atoms in total. The van der Waals surface area contributed by atoms with Crippen molar-refractivity contribution in [3.8, 4) is 17.2 Å². The number of hydrogen-bond donors (Lipinski definition) is 1. The molecule has 1 N–H and O–H groups in total. The van der Waals surface area contributed by atoms with E-state index in [2.05, 4.69) is 0 Å². The van der Waals surface area contributed by atoms with Gasteiger partial charge < -0.3 is 14.3 Å². The monoisotopic (exact) mass is 390 g/mol. The van der Waals surface area contributed by atoms with Gasteiger partial charge in [-0.25, -0.2) is 0 Å². The van der Waals surface area contributed by atoms with E-state index in [4.69, 9.17) is 32.4 Å². The Morgan fingerprint density at radius 3 is 2.48 bits per heavy atom. The maximum absolute atomic E-state index is 13.3. The van der Waals surface area contributed by atoms with E-state index in [0.29, 0.717) is 0 Å². The normalized spacial score (nSPS) is 11.7. The molecule has 1 aromatic heterocycles. The van der Waals surface area contributed by atoms with Gasteiger partial charge in [-0.3, -0.25) is 4.79 Å². The summed E-state index contributed by atoms with van der Waals surface area (Å²) in [5, 5.41) is 9.30. The minimum Gasteiger partial charge on any atom is -0.508 e. The number of alkyl halides is 3. The minimum absolute atomic E-state index is 0.0391. The fraction of sp³-hybridized carbons (Fsp3) is 0.0625. The molecule has 0 aliphatic rings. The topological polar surface area (TPSA) is 59.7 Å². The summed E-state index contributed by atoms with van der Waals surface area (Å²) < 4.78 is 49.8. The summed E-state index contributed by atoms with van der Waals surface area (Å²) in [6, 6.07) is 7.07. The maximum atomic E-state index is 13.3. The molecule has 0 atom stereocenters. The number of phenols is 1. The van der Waals surface area contributed by atoms with Crippen molar-refractivity contribution in [2.24, 2.45) is 0 Å². The van der Waals surface area contributed by atoms with Crippen LogP contribution in [-0.4, -0.2) is 5.11 Å². The highest BCUT2D eigenvalue weighted by atomic mass is 35.5. The first-order chi connectivity index (χ1) is 11.7. The Balaban J connectivity index is 2.29. The van der Waals surface area contributed by atoms with Gasteiger partial charge in [-0.05, 0) is 24.3 Å². The van der Waals surface area contributed by atoms with Crippen LogP contribution in [0.25, 0.3) is 11.0 Å². The lowest BCUT2D eigenvalue weighted by atomic mass is 10.2. The van der Waals surface area contributed by atoms with E-state index in [1.807, 2.05) is 0 Å². The van der Waals surface area contributed by atoms with Gasteiger partial charge in [0.15, 0.2) is 0 Å². The summed E-state index contributed by atoms with van der Waals surface area (Å²) in [4.78, 5) is 12.5. The highest BCUT2D eigenvalue weighted by Gasteiger charge is 2.40. The zero-order valence-corrected chi connectivity index (χ0v) is 13.5. The highest BCUT2D eigenvalue weighted by Crippen LogP contribution is 2.40. The van der Waals surface area contributed by atoms with Gasteiger partial charge in [0.05, 0.1) is 10.4 Å². The van der Waals surface area contributed by atoms with Crippen molar-refractivity contribution in [2.45, 2.75) is 6.18 Å². The van der Waals surface area contributed by atoms with Crippen molar-refractivity contribution in [2.75, 3.05) is 0 Å². The second-order valence-electron chi connectivity index (χ2n) is 4.94. The molecule has 2 aromatic carbocycles. The summed E-state index contributed by atoms with van der Waals surface area (Å²) in [6.45, 7) is 0. The molecule has 0 saturated carbocycles. The van der Waals surface area contributed by atoms with E-state index >= 15 is 0 Å². The van der Waals surface area contributed by atoms with Gasteiger partial charge >= 0.3 is 6.18 Å². The van der Waals surface area contributed by atoms with Crippen LogP contribution in [0.15, 0.2) is 45.6 Å². The number of halogens is 5. The summed E-state index contributed by atoms with van der Waals surface area (Å²) in [6.07, 6.45) is -5.01. The van der Waals surface area contributed by atoms with Crippen LogP contribution in [0.2, 0.25) is 10.0 Å². The Hall–Kier alpha value is -2.38. The van der Waals surface area contributed by atoms with Crippen LogP contribution < -0.4 is 10.2 Å². The van der Waals surface area contributed by atoms with Gasteiger partial charge in [-0.1, -0.05) is 23.2 Å². The van der Waals surface area contributed by atoms with Crippen molar-refractivity contribution < 1.29 is 27.4 Å². The Labute approximate surface area is 148 Å². The van der Waals surface area contributed by atoms with Crippen LogP contribution in [0.1, 0.15) is 5.76 Å². The molecule has 0 radical (unpaired) electrons. The number of ether oxygens (including phenoxy) is 1. The predicted molar refractivity (Wildman–Crippen MR) is 85.7 cm³/mol. The summed E-state index contributed by atoms with van der Waals surface area (Å²) in [5.41, 5.74) is -1.49. The second kappa shape index (κ2) is 6.16. The first kappa shape index (κ1) is 17.4. The van der Waals surface area contributed by atoms with E-state index in [0.717, 1.165) is 18.2 Å². The Kier molecular flexibility index (Phi) is 4.30. The second-order valence-corrected chi connectivity index (χ2v) is 5.79. The number of hydrogen-bond acceptors (Lipinski definition) is 4. The molecule has 3 aromatic rings. The predicted octanol–water partition coefficient (Wildman–Crippen LogP) is 5.62. The molecule has 0 saturated heterocycles. The van der Waals surface area contributed by atoms with Crippen LogP contribution in [-0.2, 0) is 6.18 Å². The van der Waals surface area contributed by atoms with Gasteiger partial charge in [0.25, 0.3) is 5.76 Å². The molecule has 0 unspecified atom stereocenters. The molecule has 9 heteroatoms. The van der Waals surface area contributed by atoms with Gasteiger partial charge in [-0.2, -0.15) is 13.2 Å². The average Bonchev–Trinajstić information content (AvgIpc) is 2.52. The molecule has 0 aliphatic heterocycles. The van der Waals surface area contributed by atoms with Gasteiger partial charge in [0.2, 0.25) is 11.2 Å². The van der Waals surface area contributed by atoms with Crippen molar-refractivity contribution in [1.82, 2.24) is 0 Å². The molecule has 3 rings (SSSR count). The molecule has 0 aliphatic carbocycles. The van der Waals surface area contributed by atoms with Gasteiger partial charge in [0.1, 0.15) is 17.1 Å². The Morgan fingerprint density at radius 1 is 1.08 bits per heavy atom.